The van der Waals surface area contributed by atoms with Gasteiger partial charge < -0.3 is 9.72 Å². The van der Waals surface area contributed by atoms with Gasteiger partial charge in [0.2, 0.25) is 0 Å². The van der Waals surface area contributed by atoms with Gasteiger partial charge in [-0.1, -0.05) is 12.1 Å². The summed E-state index contributed by atoms with van der Waals surface area (Å²) in [5.41, 5.74) is 5.52. The Kier molecular flexibility index (Phi) is 4.35. The number of benzene rings is 1. The number of aryl methyl sites for hydroxylation is 1. The molecule has 0 bridgehead atoms. The number of pyridine rings is 1. The quantitative estimate of drug-likeness (QED) is 0.694. The van der Waals surface area contributed by atoms with Crippen LogP contribution in [0.15, 0.2) is 59.9 Å². The summed E-state index contributed by atoms with van der Waals surface area (Å²) in [6.45, 7) is 0.587. The second kappa shape index (κ2) is 6.96. The lowest BCUT2D eigenvalue weighted by Crippen LogP contribution is -2.02. The highest BCUT2D eigenvalue weighted by Gasteiger charge is 2.20. The van der Waals surface area contributed by atoms with Gasteiger partial charge in [-0.15, -0.1) is 0 Å². The summed E-state index contributed by atoms with van der Waals surface area (Å²) < 4.78 is 5.23. The Balaban J connectivity index is 1.45. The van der Waals surface area contributed by atoms with Crippen molar-refractivity contribution in [1.29, 1.82) is 0 Å². The van der Waals surface area contributed by atoms with Gasteiger partial charge in [0.25, 0.3) is 0 Å². The number of ether oxygens (including phenoxy) is 1. The van der Waals surface area contributed by atoms with Gasteiger partial charge in [0, 0.05) is 29.9 Å². The molecular weight excluding hydrogens is 326 g/mol. The first kappa shape index (κ1) is 16.3. The van der Waals surface area contributed by atoms with Gasteiger partial charge in [0.05, 0.1) is 30.8 Å². The maximum atomic E-state index is 12.5. The molecule has 5 nitrogen and oxygen atoms in total. The minimum absolute atomic E-state index is 0.111. The van der Waals surface area contributed by atoms with E-state index in [9.17, 15) is 4.79 Å². The van der Waals surface area contributed by atoms with Crippen molar-refractivity contribution < 1.29 is 9.53 Å². The number of carbonyl (C=O) groups excluding carboxylic acids is 1. The van der Waals surface area contributed by atoms with Gasteiger partial charge in [-0.3, -0.25) is 14.8 Å². The fourth-order valence-electron chi connectivity index (χ4n) is 3.17. The molecule has 0 amide bonds. The molecule has 0 unspecified atom stereocenters. The number of nitrogens with zero attached hydrogens (tertiary/aromatic N) is 2. The Morgan fingerprint density at radius 1 is 1.23 bits per heavy atom. The summed E-state index contributed by atoms with van der Waals surface area (Å²) >= 11 is 0. The van der Waals surface area contributed by atoms with Crippen molar-refractivity contribution in [2.75, 3.05) is 7.11 Å². The summed E-state index contributed by atoms with van der Waals surface area (Å²) in [4.78, 5) is 24.6. The molecule has 0 saturated heterocycles. The summed E-state index contributed by atoms with van der Waals surface area (Å²) in [5, 5.41) is 0. The van der Waals surface area contributed by atoms with Crippen LogP contribution in [0.3, 0.4) is 0 Å². The van der Waals surface area contributed by atoms with Crippen LogP contribution in [0, 0.1) is 0 Å². The Bertz CT molecular complexity index is 988. The third-order valence-corrected chi connectivity index (χ3v) is 4.57. The zero-order valence-electron chi connectivity index (χ0n) is 14.5. The molecule has 1 aliphatic heterocycles. The number of ketones is 1. The first-order chi connectivity index (χ1) is 12.7. The topological polar surface area (TPSA) is 67.3 Å². The van der Waals surface area contributed by atoms with Gasteiger partial charge >= 0.3 is 0 Å². The smallest absolute Gasteiger partial charge is 0.164 e. The van der Waals surface area contributed by atoms with Crippen LogP contribution in [0.5, 0.6) is 5.75 Å². The van der Waals surface area contributed by atoms with E-state index in [0.29, 0.717) is 24.9 Å². The Hall–Kier alpha value is -3.21. The average Bonchev–Trinajstić information content (AvgIpc) is 3.33. The molecule has 3 aromatic rings. The summed E-state index contributed by atoms with van der Waals surface area (Å²) in [7, 11) is 1.64. The lowest BCUT2D eigenvalue weighted by Gasteiger charge is -2.03. The number of fused-ring (bicyclic) bond motifs is 1. The predicted molar refractivity (Wildman–Crippen MR) is 100 cm³/mol. The van der Waals surface area contributed by atoms with Crippen molar-refractivity contribution in [1.82, 2.24) is 9.97 Å². The zero-order valence-corrected chi connectivity index (χ0v) is 14.5. The molecule has 3 heterocycles. The lowest BCUT2D eigenvalue weighted by molar-refractivity contribution is 0.0983. The van der Waals surface area contributed by atoms with Gasteiger partial charge in [-0.25, -0.2) is 0 Å². The van der Waals surface area contributed by atoms with E-state index in [0.717, 1.165) is 34.0 Å². The second-order valence-electron chi connectivity index (χ2n) is 6.24. The number of aromatic nitrogens is 2. The number of methoxy groups -OCH3 is 1. The molecule has 0 saturated carbocycles. The van der Waals surface area contributed by atoms with Gasteiger partial charge in [0.15, 0.2) is 5.78 Å². The zero-order chi connectivity index (χ0) is 17.9. The monoisotopic (exact) mass is 345 g/mol. The molecule has 0 spiro atoms. The van der Waals surface area contributed by atoms with Gasteiger partial charge in [-0.05, 0) is 42.3 Å². The number of carbonyl (C=O) groups is 1. The van der Waals surface area contributed by atoms with Crippen molar-refractivity contribution in [3.05, 3.63) is 82.9 Å². The average molecular weight is 345 g/mol. The molecule has 130 valence electrons. The number of aromatic amines is 1. The third-order valence-electron chi connectivity index (χ3n) is 4.57. The lowest BCUT2D eigenvalue weighted by atomic mass is 10.0. The maximum Gasteiger partial charge on any atom is 0.164 e. The van der Waals surface area contributed by atoms with Gasteiger partial charge in [-0.2, -0.15) is 0 Å². The molecule has 0 atom stereocenters. The van der Waals surface area contributed by atoms with Crippen LogP contribution in [-0.2, 0) is 13.0 Å². The largest absolute Gasteiger partial charge is 0.497 e. The van der Waals surface area contributed by atoms with E-state index in [1.165, 1.54) is 0 Å². The molecule has 26 heavy (non-hydrogen) atoms. The normalized spacial score (nSPS) is 12.6. The number of hydrogen-bond acceptors (Lipinski definition) is 4. The van der Waals surface area contributed by atoms with Crippen LogP contribution >= 0.6 is 0 Å². The molecular formula is C21H19N3O2. The maximum absolute atomic E-state index is 12.5. The minimum Gasteiger partial charge on any atom is -0.497 e. The highest BCUT2D eigenvalue weighted by molar-refractivity contribution is 6.14. The molecule has 2 aromatic heterocycles. The summed E-state index contributed by atoms with van der Waals surface area (Å²) in [6.07, 6.45) is 4.68. The van der Waals surface area contributed by atoms with E-state index in [1.807, 2.05) is 42.5 Å². The fourth-order valence-corrected chi connectivity index (χ4v) is 3.17. The van der Waals surface area contributed by atoms with Crippen LogP contribution in [-0.4, -0.2) is 28.6 Å². The molecule has 1 N–H and O–H groups in total. The van der Waals surface area contributed by atoms with E-state index in [4.69, 9.17) is 4.74 Å². The van der Waals surface area contributed by atoms with Crippen LogP contribution in [0.1, 0.15) is 39.3 Å². The molecule has 0 radical (unpaired) electrons. The minimum atomic E-state index is 0.111. The van der Waals surface area contributed by atoms with Crippen molar-refractivity contribution in [3.63, 3.8) is 0 Å². The SMILES string of the molecule is COc1cccc(CCC(=O)c2c[nH]c(C3=NCc4ncccc43)c2)c1. The Morgan fingerprint density at radius 3 is 3.04 bits per heavy atom. The number of Topliss-reactive ketones (excluding diaryl/α,β-unsaturated/α-hetero) is 1. The summed E-state index contributed by atoms with van der Waals surface area (Å²) in [6, 6.07) is 13.6. The standard InChI is InChI=1S/C21H19N3O2/c1-26-16-5-2-4-14(10-16)7-8-20(25)15-11-18(23-12-15)21-17-6-3-9-22-19(17)13-24-21/h2-6,9-12,23H,7-8,13H2,1H3. The number of nitrogens with one attached hydrogen (secondary N) is 1. The highest BCUT2D eigenvalue weighted by atomic mass is 16.5. The Labute approximate surface area is 151 Å². The van der Waals surface area contributed by atoms with Crippen molar-refractivity contribution in [2.24, 2.45) is 4.99 Å². The fraction of sp³-hybridized carbons (Fsp3) is 0.190. The van der Waals surface area contributed by atoms with Crippen LogP contribution in [0.4, 0.5) is 0 Å². The molecule has 4 rings (SSSR count). The molecule has 1 aliphatic rings. The van der Waals surface area contributed by atoms with Crippen LogP contribution < -0.4 is 4.74 Å². The molecule has 0 aliphatic carbocycles. The van der Waals surface area contributed by atoms with Crippen molar-refractivity contribution in [3.8, 4) is 5.75 Å². The van der Waals surface area contributed by atoms with E-state index in [1.54, 1.807) is 19.5 Å². The van der Waals surface area contributed by atoms with E-state index in [2.05, 4.69) is 15.0 Å². The molecule has 0 fully saturated rings. The van der Waals surface area contributed by atoms with Gasteiger partial charge in [0.1, 0.15) is 5.75 Å². The van der Waals surface area contributed by atoms with Crippen molar-refractivity contribution >= 4 is 11.5 Å². The predicted octanol–water partition coefficient (Wildman–Crippen LogP) is 3.58. The summed E-state index contributed by atoms with van der Waals surface area (Å²) in [5.74, 6) is 0.922. The van der Waals surface area contributed by atoms with E-state index < -0.39 is 0 Å². The number of H-pyrrole nitrogens is 1. The highest BCUT2D eigenvalue weighted by Crippen LogP contribution is 2.22. The number of hydrogen-bond donors (Lipinski definition) is 1. The first-order valence-corrected chi connectivity index (χ1v) is 8.58. The second-order valence-corrected chi connectivity index (χ2v) is 6.24. The third kappa shape index (κ3) is 3.16. The Morgan fingerprint density at radius 2 is 2.15 bits per heavy atom. The van der Waals surface area contributed by atoms with Crippen molar-refractivity contribution in [2.45, 2.75) is 19.4 Å². The van der Waals surface area contributed by atoms with Crippen LogP contribution in [0.25, 0.3) is 0 Å². The first-order valence-electron chi connectivity index (χ1n) is 8.58. The van der Waals surface area contributed by atoms with E-state index >= 15 is 0 Å². The number of rotatable bonds is 6. The van der Waals surface area contributed by atoms with E-state index in [-0.39, 0.29) is 5.78 Å². The molecule has 5 heteroatoms. The number of aliphatic imine (C=N–C) groups is 1. The molecule has 1 aromatic carbocycles. The van der Waals surface area contributed by atoms with Crippen LogP contribution in [0.2, 0.25) is 0 Å².